The maximum atomic E-state index is 10.7. The first kappa shape index (κ1) is 12.6. The van der Waals surface area contributed by atoms with Gasteiger partial charge in [0.05, 0.1) is 19.9 Å². The van der Waals surface area contributed by atoms with Crippen molar-refractivity contribution in [3.63, 3.8) is 0 Å². The van der Waals surface area contributed by atoms with Crippen LogP contribution >= 0.6 is 11.3 Å². The average molecular weight is 263 g/mol. The van der Waals surface area contributed by atoms with Crippen molar-refractivity contribution < 1.29 is 14.3 Å². The lowest BCUT2D eigenvalue weighted by molar-refractivity contribution is 0.112. The molecule has 1 aromatic carbocycles. The summed E-state index contributed by atoms with van der Waals surface area (Å²) in [6.45, 7) is 1.94. The SMILES string of the molecule is COc1ccc(-c2nc(C=O)sc2C)cc1OC. The number of carbonyl (C=O) groups excluding carboxylic acids is 1. The molecular formula is C13H13NO3S. The van der Waals surface area contributed by atoms with Crippen LogP contribution < -0.4 is 9.47 Å². The Labute approximate surface area is 109 Å². The second-order valence-corrected chi connectivity index (χ2v) is 4.88. The van der Waals surface area contributed by atoms with Gasteiger partial charge in [-0.2, -0.15) is 0 Å². The molecule has 0 fully saturated rings. The maximum Gasteiger partial charge on any atom is 0.178 e. The van der Waals surface area contributed by atoms with Crippen molar-refractivity contribution in [2.75, 3.05) is 14.2 Å². The number of carbonyl (C=O) groups is 1. The van der Waals surface area contributed by atoms with E-state index < -0.39 is 0 Å². The van der Waals surface area contributed by atoms with Crippen molar-refractivity contribution in [1.29, 1.82) is 0 Å². The number of hydrogen-bond acceptors (Lipinski definition) is 5. The Morgan fingerprint density at radius 1 is 1.22 bits per heavy atom. The third-order valence-electron chi connectivity index (χ3n) is 2.57. The fourth-order valence-corrected chi connectivity index (χ4v) is 2.48. The second kappa shape index (κ2) is 5.18. The van der Waals surface area contributed by atoms with E-state index in [1.54, 1.807) is 14.2 Å². The topological polar surface area (TPSA) is 48.4 Å². The van der Waals surface area contributed by atoms with Gasteiger partial charge in [0.2, 0.25) is 0 Å². The summed E-state index contributed by atoms with van der Waals surface area (Å²) in [7, 11) is 3.18. The van der Waals surface area contributed by atoms with Crippen molar-refractivity contribution in [1.82, 2.24) is 4.98 Å². The summed E-state index contributed by atoms with van der Waals surface area (Å²) in [5.74, 6) is 1.32. The summed E-state index contributed by atoms with van der Waals surface area (Å²) < 4.78 is 10.4. The lowest BCUT2D eigenvalue weighted by Gasteiger charge is -2.08. The predicted molar refractivity (Wildman–Crippen MR) is 70.8 cm³/mol. The number of thiazole rings is 1. The van der Waals surface area contributed by atoms with E-state index in [0.29, 0.717) is 16.5 Å². The van der Waals surface area contributed by atoms with Gasteiger partial charge in [-0.25, -0.2) is 4.98 Å². The molecular weight excluding hydrogens is 250 g/mol. The van der Waals surface area contributed by atoms with Crippen LogP contribution in [-0.4, -0.2) is 25.5 Å². The largest absolute Gasteiger partial charge is 0.493 e. The summed E-state index contributed by atoms with van der Waals surface area (Å²) in [4.78, 5) is 16.0. The van der Waals surface area contributed by atoms with Gasteiger partial charge >= 0.3 is 0 Å². The van der Waals surface area contributed by atoms with Gasteiger partial charge in [0.15, 0.2) is 22.8 Å². The van der Waals surface area contributed by atoms with E-state index in [1.807, 2.05) is 25.1 Å². The molecule has 0 unspecified atom stereocenters. The Hall–Kier alpha value is -1.88. The van der Waals surface area contributed by atoms with Gasteiger partial charge in [-0.05, 0) is 25.1 Å². The first-order chi connectivity index (χ1) is 8.69. The molecule has 0 aliphatic heterocycles. The first-order valence-electron chi connectivity index (χ1n) is 5.34. The van der Waals surface area contributed by atoms with Crippen LogP contribution in [0.4, 0.5) is 0 Å². The summed E-state index contributed by atoms with van der Waals surface area (Å²) in [5, 5.41) is 0.484. The number of hydrogen-bond donors (Lipinski definition) is 0. The number of aryl methyl sites for hydroxylation is 1. The molecule has 0 amide bonds. The van der Waals surface area contributed by atoms with E-state index in [1.165, 1.54) is 11.3 Å². The molecule has 2 rings (SSSR count). The zero-order valence-corrected chi connectivity index (χ0v) is 11.2. The fourth-order valence-electron chi connectivity index (χ4n) is 1.72. The quantitative estimate of drug-likeness (QED) is 0.796. The highest BCUT2D eigenvalue weighted by Crippen LogP contribution is 2.34. The van der Waals surface area contributed by atoms with Crippen molar-refractivity contribution in [2.24, 2.45) is 0 Å². The monoisotopic (exact) mass is 263 g/mol. The van der Waals surface area contributed by atoms with Gasteiger partial charge in [-0.3, -0.25) is 4.79 Å². The van der Waals surface area contributed by atoms with Crippen LogP contribution in [0.25, 0.3) is 11.3 Å². The summed E-state index contributed by atoms with van der Waals surface area (Å²) >= 11 is 1.38. The second-order valence-electron chi connectivity index (χ2n) is 3.64. The zero-order chi connectivity index (χ0) is 13.1. The van der Waals surface area contributed by atoms with Crippen LogP contribution in [0.5, 0.6) is 11.5 Å². The van der Waals surface area contributed by atoms with Crippen molar-refractivity contribution in [3.05, 3.63) is 28.1 Å². The zero-order valence-electron chi connectivity index (χ0n) is 10.4. The normalized spacial score (nSPS) is 10.2. The lowest BCUT2D eigenvalue weighted by Crippen LogP contribution is -1.91. The highest BCUT2D eigenvalue weighted by atomic mass is 32.1. The molecule has 0 saturated carbocycles. The predicted octanol–water partition coefficient (Wildman–Crippen LogP) is 2.95. The number of benzene rings is 1. The molecule has 1 heterocycles. The van der Waals surface area contributed by atoms with Crippen LogP contribution in [0.3, 0.4) is 0 Å². The molecule has 18 heavy (non-hydrogen) atoms. The van der Waals surface area contributed by atoms with Crippen LogP contribution in [0.2, 0.25) is 0 Å². The van der Waals surface area contributed by atoms with Crippen LogP contribution in [0.15, 0.2) is 18.2 Å². The molecule has 2 aromatic rings. The molecule has 0 atom stereocenters. The smallest absolute Gasteiger partial charge is 0.178 e. The molecule has 0 spiro atoms. The van der Waals surface area contributed by atoms with Gasteiger partial charge in [-0.15, -0.1) is 11.3 Å². The van der Waals surface area contributed by atoms with E-state index >= 15 is 0 Å². The van der Waals surface area contributed by atoms with Gasteiger partial charge in [0.1, 0.15) is 0 Å². The van der Waals surface area contributed by atoms with Gasteiger partial charge in [0, 0.05) is 10.4 Å². The standard InChI is InChI=1S/C13H13NO3S/c1-8-13(14-12(7-15)18-8)9-4-5-10(16-2)11(6-9)17-3/h4-7H,1-3H3. The first-order valence-corrected chi connectivity index (χ1v) is 6.16. The Kier molecular flexibility index (Phi) is 3.62. The molecule has 0 N–H and O–H groups in total. The highest BCUT2D eigenvalue weighted by molar-refractivity contribution is 7.13. The average Bonchev–Trinajstić information content (AvgIpc) is 2.79. The molecule has 5 heteroatoms. The third-order valence-corrected chi connectivity index (χ3v) is 3.47. The summed E-state index contributed by atoms with van der Waals surface area (Å²) in [6.07, 6.45) is 0.766. The molecule has 0 aliphatic carbocycles. The Bertz CT molecular complexity index is 578. The fraction of sp³-hybridized carbons (Fsp3) is 0.231. The Balaban J connectivity index is 2.50. The van der Waals surface area contributed by atoms with Crippen LogP contribution in [0, 0.1) is 6.92 Å². The maximum absolute atomic E-state index is 10.7. The van der Waals surface area contributed by atoms with Gasteiger partial charge in [0.25, 0.3) is 0 Å². The van der Waals surface area contributed by atoms with Crippen molar-refractivity contribution in [3.8, 4) is 22.8 Å². The minimum absolute atomic E-state index is 0.484. The van der Waals surface area contributed by atoms with E-state index in [0.717, 1.165) is 22.4 Å². The highest BCUT2D eigenvalue weighted by Gasteiger charge is 2.12. The van der Waals surface area contributed by atoms with E-state index in [2.05, 4.69) is 4.98 Å². The van der Waals surface area contributed by atoms with E-state index in [4.69, 9.17) is 9.47 Å². The van der Waals surface area contributed by atoms with Gasteiger partial charge < -0.3 is 9.47 Å². The third kappa shape index (κ3) is 2.22. The number of aromatic nitrogens is 1. The minimum atomic E-state index is 0.484. The molecule has 4 nitrogen and oxygen atoms in total. The van der Waals surface area contributed by atoms with Crippen LogP contribution in [0.1, 0.15) is 14.7 Å². The van der Waals surface area contributed by atoms with Crippen molar-refractivity contribution >= 4 is 17.6 Å². The Morgan fingerprint density at radius 3 is 2.50 bits per heavy atom. The van der Waals surface area contributed by atoms with E-state index in [-0.39, 0.29) is 0 Å². The molecule has 1 aromatic heterocycles. The number of methoxy groups -OCH3 is 2. The van der Waals surface area contributed by atoms with Gasteiger partial charge in [-0.1, -0.05) is 0 Å². The van der Waals surface area contributed by atoms with E-state index in [9.17, 15) is 4.79 Å². The number of aldehydes is 1. The molecule has 0 aliphatic rings. The number of nitrogens with zero attached hydrogens (tertiary/aromatic N) is 1. The summed E-state index contributed by atoms with van der Waals surface area (Å²) in [5.41, 5.74) is 1.72. The molecule has 0 saturated heterocycles. The van der Waals surface area contributed by atoms with Crippen molar-refractivity contribution in [2.45, 2.75) is 6.92 Å². The summed E-state index contributed by atoms with van der Waals surface area (Å²) in [6, 6.07) is 5.58. The molecule has 0 bridgehead atoms. The lowest BCUT2D eigenvalue weighted by atomic mass is 10.1. The molecule has 94 valence electrons. The molecule has 0 radical (unpaired) electrons. The number of rotatable bonds is 4. The van der Waals surface area contributed by atoms with Crippen LogP contribution in [-0.2, 0) is 0 Å². The minimum Gasteiger partial charge on any atom is -0.493 e. The Morgan fingerprint density at radius 2 is 1.94 bits per heavy atom. The number of ether oxygens (including phenoxy) is 2.